The van der Waals surface area contributed by atoms with E-state index in [9.17, 15) is 0 Å². The van der Waals surface area contributed by atoms with Crippen LogP contribution in [0.2, 0.25) is 0 Å². The average molecular weight is 324 g/mol. The van der Waals surface area contributed by atoms with Crippen LogP contribution in [0.15, 0.2) is 99.6 Å². The van der Waals surface area contributed by atoms with Crippen LogP contribution >= 0.6 is 10.9 Å². The van der Waals surface area contributed by atoms with E-state index < -0.39 is 10.9 Å². The number of thiol groups is 1. The number of benzene rings is 3. The number of rotatable bonds is 6. The third-order valence-electron chi connectivity index (χ3n) is 3.47. The zero-order valence-electron chi connectivity index (χ0n) is 13.1. The SMILES string of the molecule is COCOc1ccc([SH](c2ccccc2)c2ccccc2)cc1. The van der Waals surface area contributed by atoms with Gasteiger partial charge in [-0.1, -0.05) is 36.4 Å². The van der Waals surface area contributed by atoms with Gasteiger partial charge in [0.05, 0.1) is 0 Å². The van der Waals surface area contributed by atoms with Gasteiger partial charge in [0.25, 0.3) is 0 Å². The van der Waals surface area contributed by atoms with Crippen molar-refractivity contribution in [2.24, 2.45) is 0 Å². The fraction of sp³-hybridized carbons (Fsp3) is 0.100. The van der Waals surface area contributed by atoms with Gasteiger partial charge in [0, 0.05) is 7.11 Å². The maximum atomic E-state index is 5.49. The second-order valence-corrected chi connectivity index (χ2v) is 7.27. The number of methoxy groups -OCH3 is 1. The van der Waals surface area contributed by atoms with Crippen molar-refractivity contribution >= 4 is 10.9 Å². The maximum Gasteiger partial charge on any atom is 0.188 e. The van der Waals surface area contributed by atoms with E-state index in [4.69, 9.17) is 9.47 Å². The highest BCUT2D eigenvalue weighted by molar-refractivity contribution is 8.17. The predicted molar refractivity (Wildman–Crippen MR) is 95.6 cm³/mol. The molecule has 118 valence electrons. The molecule has 0 radical (unpaired) electrons. The molecule has 0 saturated carbocycles. The minimum absolute atomic E-state index is 0.269. The first-order valence-electron chi connectivity index (χ1n) is 7.50. The summed E-state index contributed by atoms with van der Waals surface area (Å²) < 4.78 is 10.4. The van der Waals surface area contributed by atoms with E-state index in [0.29, 0.717) is 0 Å². The van der Waals surface area contributed by atoms with Gasteiger partial charge in [-0.15, -0.1) is 0 Å². The summed E-state index contributed by atoms with van der Waals surface area (Å²) in [5, 5.41) is 0. The van der Waals surface area contributed by atoms with Crippen molar-refractivity contribution in [1.29, 1.82) is 0 Å². The molecule has 0 aliphatic carbocycles. The van der Waals surface area contributed by atoms with Crippen LogP contribution in [0.3, 0.4) is 0 Å². The summed E-state index contributed by atoms with van der Waals surface area (Å²) >= 11 is 0. The zero-order chi connectivity index (χ0) is 15.9. The Morgan fingerprint density at radius 3 is 1.61 bits per heavy atom. The highest BCUT2D eigenvalue weighted by Crippen LogP contribution is 2.51. The summed E-state index contributed by atoms with van der Waals surface area (Å²) in [7, 11) is 1.07. The second-order valence-electron chi connectivity index (χ2n) is 5.05. The molecule has 23 heavy (non-hydrogen) atoms. The third kappa shape index (κ3) is 3.95. The van der Waals surface area contributed by atoms with Crippen molar-refractivity contribution in [3.05, 3.63) is 84.9 Å². The molecule has 0 bridgehead atoms. The van der Waals surface area contributed by atoms with E-state index in [2.05, 4.69) is 72.8 Å². The lowest BCUT2D eigenvalue weighted by atomic mass is 10.3. The average Bonchev–Trinajstić information content (AvgIpc) is 2.63. The molecule has 0 N–H and O–H groups in total. The second kappa shape index (κ2) is 7.86. The first-order chi connectivity index (χ1) is 11.4. The molecule has 0 atom stereocenters. The summed E-state index contributed by atoms with van der Waals surface area (Å²) in [6.45, 7) is 0.269. The number of ether oxygens (including phenoxy) is 2. The third-order valence-corrected chi connectivity index (χ3v) is 5.91. The fourth-order valence-electron chi connectivity index (χ4n) is 2.42. The molecule has 3 aromatic carbocycles. The molecule has 0 unspecified atom stereocenters. The Hall–Kier alpha value is -2.23. The van der Waals surface area contributed by atoms with Gasteiger partial charge < -0.3 is 9.47 Å². The van der Waals surface area contributed by atoms with Gasteiger partial charge in [0.15, 0.2) is 6.79 Å². The van der Waals surface area contributed by atoms with Gasteiger partial charge in [-0.2, -0.15) is 10.9 Å². The fourth-order valence-corrected chi connectivity index (χ4v) is 4.70. The van der Waals surface area contributed by atoms with Crippen molar-refractivity contribution in [1.82, 2.24) is 0 Å². The van der Waals surface area contributed by atoms with Crippen molar-refractivity contribution in [2.75, 3.05) is 13.9 Å². The molecule has 2 nitrogen and oxygen atoms in total. The quantitative estimate of drug-likeness (QED) is 0.499. The van der Waals surface area contributed by atoms with Crippen LogP contribution in [0.1, 0.15) is 0 Å². The first kappa shape index (κ1) is 15.7. The van der Waals surface area contributed by atoms with Crippen LogP contribution in [-0.2, 0) is 4.74 Å². The molecular formula is C20H20O2S. The van der Waals surface area contributed by atoms with Gasteiger partial charge in [-0.05, 0) is 63.2 Å². The van der Waals surface area contributed by atoms with E-state index in [1.54, 1.807) is 7.11 Å². The Bertz CT molecular complexity index is 672. The van der Waals surface area contributed by atoms with Crippen molar-refractivity contribution in [3.8, 4) is 5.75 Å². The van der Waals surface area contributed by atoms with Crippen molar-refractivity contribution in [2.45, 2.75) is 14.7 Å². The summed E-state index contributed by atoms with van der Waals surface area (Å²) in [5.74, 6) is 0.826. The summed E-state index contributed by atoms with van der Waals surface area (Å²) in [6, 6.07) is 29.6. The highest BCUT2D eigenvalue weighted by Gasteiger charge is 2.12. The van der Waals surface area contributed by atoms with E-state index in [1.807, 2.05) is 12.1 Å². The Labute approximate surface area is 140 Å². The van der Waals surface area contributed by atoms with Crippen LogP contribution in [-0.4, -0.2) is 13.9 Å². The molecule has 3 aromatic rings. The standard InChI is InChI=1S/C20H20O2S/c1-21-16-22-17-12-14-20(15-13-17)23(18-8-4-2-5-9-18)19-10-6-3-7-11-19/h2-15,23H,16H2,1H3. The minimum Gasteiger partial charge on any atom is -0.468 e. The molecule has 0 aliphatic heterocycles. The van der Waals surface area contributed by atoms with Gasteiger partial charge in [0.1, 0.15) is 5.75 Å². The van der Waals surface area contributed by atoms with E-state index >= 15 is 0 Å². The van der Waals surface area contributed by atoms with Gasteiger partial charge in [0.2, 0.25) is 0 Å². The lowest BCUT2D eigenvalue weighted by Crippen LogP contribution is -1.98. The summed E-state index contributed by atoms with van der Waals surface area (Å²) in [6.07, 6.45) is 0. The number of hydrogen-bond acceptors (Lipinski definition) is 2. The zero-order valence-corrected chi connectivity index (χ0v) is 13.9. The highest BCUT2D eigenvalue weighted by atomic mass is 32.2. The molecule has 0 amide bonds. The Morgan fingerprint density at radius 2 is 1.13 bits per heavy atom. The Balaban J connectivity index is 1.96. The molecule has 0 saturated heterocycles. The molecule has 0 aromatic heterocycles. The smallest absolute Gasteiger partial charge is 0.188 e. The molecule has 3 heteroatoms. The predicted octanol–water partition coefficient (Wildman–Crippen LogP) is 5.15. The van der Waals surface area contributed by atoms with Crippen molar-refractivity contribution < 1.29 is 9.47 Å². The Kier molecular flexibility index (Phi) is 5.35. The molecular weight excluding hydrogens is 304 g/mol. The Morgan fingerprint density at radius 1 is 0.652 bits per heavy atom. The summed E-state index contributed by atoms with van der Waals surface area (Å²) in [4.78, 5) is 4.00. The van der Waals surface area contributed by atoms with Crippen LogP contribution in [0, 0.1) is 0 Å². The van der Waals surface area contributed by atoms with Crippen molar-refractivity contribution in [3.63, 3.8) is 0 Å². The summed E-state index contributed by atoms with van der Waals surface area (Å²) in [5.41, 5.74) is 0. The van der Waals surface area contributed by atoms with Gasteiger partial charge in [-0.3, -0.25) is 0 Å². The maximum absolute atomic E-state index is 5.49. The van der Waals surface area contributed by atoms with Gasteiger partial charge >= 0.3 is 0 Å². The largest absolute Gasteiger partial charge is 0.468 e. The molecule has 3 rings (SSSR count). The molecule has 0 heterocycles. The molecule has 0 spiro atoms. The minimum atomic E-state index is -0.558. The monoisotopic (exact) mass is 324 g/mol. The van der Waals surface area contributed by atoms with Crippen LogP contribution in [0.25, 0.3) is 0 Å². The van der Waals surface area contributed by atoms with Crippen LogP contribution in [0.5, 0.6) is 5.75 Å². The van der Waals surface area contributed by atoms with Crippen LogP contribution in [0.4, 0.5) is 0 Å². The lowest BCUT2D eigenvalue weighted by molar-refractivity contribution is 0.0511. The molecule has 0 fully saturated rings. The topological polar surface area (TPSA) is 18.5 Å². The van der Waals surface area contributed by atoms with E-state index in [-0.39, 0.29) is 6.79 Å². The van der Waals surface area contributed by atoms with Gasteiger partial charge in [-0.25, -0.2) is 0 Å². The molecule has 0 aliphatic rings. The van der Waals surface area contributed by atoms with E-state index in [0.717, 1.165) is 5.75 Å². The normalized spacial score (nSPS) is 11.1. The first-order valence-corrected chi connectivity index (χ1v) is 8.84. The van der Waals surface area contributed by atoms with E-state index in [1.165, 1.54) is 14.7 Å². The number of hydrogen-bond donors (Lipinski definition) is 1. The lowest BCUT2D eigenvalue weighted by Gasteiger charge is -2.23. The van der Waals surface area contributed by atoms with Crippen LogP contribution < -0.4 is 4.74 Å².